The van der Waals surface area contributed by atoms with Gasteiger partial charge in [-0.2, -0.15) is 0 Å². The van der Waals surface area contributed by atoms with Crippen LogP contribution in [0, 0.1) is 5.41 Å². The molecule has 0 aromatic heterocycles. The van der Waals surface area contributed by atoms with Crippen molar-refractivity contribution in [3.8, 4) is 0 Å². The fourth-order valence-electron chi connectivity index (χ4n) is 2.51. The lowest BCUT2D eigenvalue weighted by molar-refractivity contribution is -0.130. The van der Waals surface area contributed by atoms with E-state index in [9.17, 15) is 9.59 Å². The Bertz CT molecular complexity index is 338. The Morgan fingerprint density at radius 2 is 1.38 bits per heavy atom. The molecule has 2 N–H and O–H groups in total. The Morgan fingerprint density at radius 3 is 1.71 bits per heavy atom. The van der Waals surface area contributed by atoms with Crippen molar-refractivity contribution in [2.24, 2.45) is 5.41 Å². The van der Waals surface area contributed by atoms with Crippen LogP contribution in [0.5, 0.6) is 0 Å². The topological polar surface area (TPSA) is 76.7 Å². The van der Waals surface area contributed by atoms with E-state index in [1.807, 2.05) is 13.8 Å². The molecule has 2 aliphatic heterocycles. The Kier molecular flexibility index (Phi) is 5.58. The predicted octanol–water partition coefficient (Wildman–Crippen LogP) is 0.603. The number of carbonyl (C=O) groups is 2. The Hall–Kier alpha value is -1.14. The lowest BCUT2D eigenvalue weighted by Gasteiger charge is -2.26. The third kappa shape index (κ3) is 4.97. The van der Waals surface area contributed by atoms with Crippen molar-refractivity contribution in [3.05, 3.63) is 0 Å². The van der Waals surface area contributed by atoms with Crippen LogP contribution in [0.25, 0.3) is 0 Å². The van der Waals surface area contributed by atoms with Crippen molar-refractivity contribution in [2.45, 2.75) is 51.7 Å². The fraction of sp³-hybridized carbons (Fsp3) is 0.867. The summed E-state index contributed by atoms with van der Waals surface area (Å²) in [6.45, 7) is 6.38. The molecule has 0 aromatic rings. The third-order valence-electron chi connectivity index (χ3n) is 3.93. The summed E-state index contributed by atoms with van der Waals surface area (Å²) in [5.41, 5.74) is -0.206. The Labute approximate surface area is 125 Å². The molecule has 2 amide bonds. The predicted molar refractivity (Wildman–Crippen MR) is 77.7 cm³/mol. The summed E-state index contributed by atoms with van der Waals surface area (Å²) in [4.78, 5) is 23.8. The molecule has 2 fully saturated rings. The average Bonchev–Trinajstić information content (AvgIpc) is 3.14. The van der Waals surface area contributed by atoms with Crippen LogP contribution in [0.2, 0.25) is 0 Å². The second kappa shape index (κ2) is 7.22. The summed E-state index contributed by atoms with van der Waals surface area (Å²) in [7, 11) is 0. The molecule has 2 heterocycles. The first kappa shape index (κ1) is 16.2. The maximum atomic E-state index is 11.9. The van der Waals surface area contributed by atoms with Gasteiger partial charge in [0, 0.05) is 26.3 Å². The van der Waals surface area contributed by atoms with Crippen molar-refractivity contribution in [1.82, 2.24) is 10.6 Å². The highest BCUT2D eigenvalue weighted by Gasteiger charge is 2.28. The van der Waals surface area contributed by atoms with Gasteiger partial charge < -0.3 is 20.1 Å². The van der Waals surface area contributed by atoms with Gasteiger partial charge in [-0.1, -0.05) is 13.8 Å². The second-order valence-corrected chi connectivity index (χ2v) is 6.60. The van der Waals surface area contributed by atoms with Gasteiger partial charge in [-0.25, -0.2) is 0 Å². The van der Waals surface area contributed by atoms with Crippen LogP contribution in [0.3, 0.4) is 0 Å². The Morgan fingerprint density at radius 1 is 0.952 bits per heavy atom. The number of nitrogens with one attached hydrogen (secondary N) is 2. The van der Waals surface area contributed by atoms with Gasteiger partial charge in [-0.05, 0) is 31.1 Å². The van der Waals surface area contributed by atoms with Crippen LogP contribution in [0.15, 0.2) is 0 Å². The molecule has 0 radical (unpaired) electrons. The van der Waals surface area contributed by atoms with E-state index in [-0.39, 0.29) is 29.4 Å². The lowest BCUT2D eigenvalue weighted by Crippen LogP contribution is -2.46. The van der Waals surface area contributed by atoms with Crippen molar-refractivity contribution in [2.75, 3.05) is 26.3 Å². The van der Waals surface area contributed by atoms with Crippen molar-refractivity contribution < 1.29 is 19.1 Å². The van der Waals surface area contributed by atoms with Crippen molar-refractivity contribution in [3.63, 3.8) is 0 Å². The molecule has 0 aliphatic carbocycles. The van der Waals surface area contributed by atoms with E-state index >= 15 is 0 Å². The average molecular weight is 298 g/mol. The molecule has 21 heavy (non-hydrogen) atoms. The zero-order valence-electron chi connectivity index (χ0n) is 12.9. The highest BCUT2D eigenvalue weighted by atomic mass is 16.5. The maximum Gasteiger partial charge on any atom is 0.249 e. The van der Waals surface area contributed by atoms with Gasteiger partial charge in [0.15, 0.2) is 0 Å². The SMILES string of the molecule is CC(C)(CNC(=O)[C@H]1CCCO1)CNC(=O)[C@H]1CCCO1. The smallest absolute Gasteiger partial charge is 0.249 e. The highest BCUT2D eigenvalue weighted by Crippen LogP contribution is 2.16. The molecular formula is C15H26N2O4. The van der Waals surface area contributed by atoms with E-state index in [0.29, 0.717) is 26.3 Å². The van der Waals surface area contributed by atoms with Gasteiger partial charge in [-0.15, -0.1) is 0 Å². The van der Waals surface area contributed by atoms with E-state index < -0.39 is 0 Å². The first-order valence-corrected chi connectivity index (χ1v) is 7.77. The molecule has 120 valence electrons. The molecule has 2 saturated heterocycles. The van der Waals surface area contributed by atoms with Crippen molar-refractivity contribution in [1.29, 1.82) is 0 Å². The first-order valence-electron chi connectivity index (χ1n) is 7.77. The Balaban J connectivity index is 1.68. The maximum absolute atomic E-state index is 11.9. The molecule has 0 saturated carbocycles. The molecule has 0 aromatic carbocycles. The summed E-state index contributed by atoms with van der Waals surface area (Å²) in [5.74, 6) is -0.0999. The minimum absolute atomic E-state index is 0.0500. The molecule has 2 aliphatic rings. The largest absolute Gasteiger partial charge is 0.368 e. The van der Waals surface area contributed by atoms with Crippen LogP contribution in [-0.4, -0.2) is 50.3 Å². The summed E-state index contributed by atoms with van der Waals surface area (Å²) in [5, 5.41) is 5.82. The molecular weight excluding hydrogens is 272 g/mol. The second-order valence-electron chi connectivity index (χ2n) is 6.60. The number of hydrogen-bond donors (Lipinski definition) is 2. The molecule has 2 atom stereocenters. The summed E-state index contributed by atoms with van der Waals surface area (Å²) >= 11 is 0. The highest BCUT2D eigenvalue weighted by molar-refractivity contribution is 5.81. The van der Waals surface area contributed by atoms with E-state index in [4.69, 9.17) is 9.47 Å². The van der Waals surface area contributed by atoms with Gasteiger partial charge in [0.1, 0.15) is 12.2 Å². The number of ether oxygens (including phenoxy) is 2. The monoisotopic (exact) mass is 298 g/mol. The molecule has 2 rings (SSSR count). The normalized spacial score (nSPS) is 25.8. The first-order chi connectivity index (χ1) is 9.98. The van der Waals surface area contributed by atoms with E-state index in [2.05, 4.69) is 10.6 Å². The minimum atomic E-state index is -0.303. The summed E-state index contributed by atoms with van der Waals surface area (Å²) in [6, 6.07) is 0. The van der Waals surface area contributed by atoms with Crippen molar-refractivity contribution >= 4 is 11.8 Å². The van der Waals surface area contributed by atoms with E-state index in [1.165, 1.54) is 0 Å². The number of hydrogen-bond acceptors (Lipinski definition) is 4. The van der Waals surface area contributed by atoms with Crippen LogP contribution in [0.4, 0.5) is 0 Å². The van der Waals surface area contributed by atoms with Gasteiger partial charge in [0.2, 0.25) is 11.8 Å². The van der Waals surface area contributed by atoms with Crippen LogP contribution >= 0.6 is 0 Å². The standard InChI is InChI=1S/C15H26N2O4/c1-15(2,9-16-13(18)11-5-3-7-20-11)10-17-14(19)12-6-4-8-21-12/h11-12H,3-10H2,1-2H3,(H,16,18)(H,17,19)/t11-,12-/m1/s1. The number of rotatable bonds is 6. The molecule has 0 spiro atoms. The molecule has 6 nitrogen and oxygen atoms in total. The molecule has 0 bridgehead atoms. The quantitative estimate of drug-likeness (QED) is 0.753. The third-order valence-corrected chi connectivity index (χ3v) is 3.93. The van der Waals surface area contributed by atoms with E-state index in [1.54, 1.807) is 0 Å². The van der Waals surface area contributed by atoms with Gasteiger partial charge in [0.05, 0.1) is 0 Å². The summed E-state index contributed by atoms with van der Waals surface area (Å²) < 4.78 is 10.7. The molecule has 6 heteroatoms. The van der Waals surface area contributed by atoms with E-state index in [0.717, 1.165) is 25.7 Å². The van der Waals surface area contributed by atoms with Crippen LogP contribution in [-0.2, 0) is 19.1 Å². The number of carbonyl (C=O) groups excluding carboxylic acids is 2. The fourth-order valence-corrected chi connectivity index (χ4v) is 2.51. The van der Waals surface area contributed by atoms with Gasteiger partial charge >= 0.3 is 0 Å². The zero-order chi connectivity index (χ0) is 15.3. The van der Waals surface area contributed by atoms with Crippen LogP contribution < -0.4 is 10.6 Å². The zero-order valence-corrected chi connectivity index (χ0v) is 12.9. The number of amides is 2. The summed E-state index contributed by atoms with van der Waals surface area (Å²) in [6.07, 6.45) is 2.87. The minimum Gasteiger partial charge on any atom is -0.368 e. The molecule has 0 unspecified atom stereocenters. The van der Waals surface area contributed by atoms with Gasteiger partial charge in [0.25, 0.3) is 0 Å². The lowest BCUT2D eigenvalue weighted by atomic mass is 9.93. The van der Waals surface area contributed by atoms with Crippen LogP contribution in [0.1, 0.15) is 39.5 Å². The van der Waals surface area contributed by atoms with Gasteiger partial charge in [-0.3, -0.25) is 9.59 Å².